The number of nitrogens with zero attached hydrogens (tertiary/aromatic N) is 1. The van der Waals surface area contributed by atoms with Gasteiger partial charge in [0.1, 0.15) is 12.6 Å². The zero-order valence-electron chi connectivity index (χ0n) is 16.4. The van der Waals surface area contributed by atoms with Gasteiger partial charge in [-0.15, -0.1) is 0 Å². The van der Waals surface area contributed by atoms with E-state index in [-0.39, 0.29) is 10.8 Å². The molecule has 0 saturated carbocycles. The number of carbonyl (C=O) groups is 1. The molecule has 1 aromatic heterocycles. The SMILES string of the molecule is COCCOc1ccc(NC(=O)[C@@H](NS(=O)(=O)c2ccc(Br)cc2)C(C)C)cn1. The Morgan fingerprint density at radius 3 is 2.38 bits per heavy atom. The summed E-state index contributed by atoms with van der Waals surface area (Å²) in [4.78, 5) is 16.9. The van der Waals surface area contributed by atoms with Crippen LogP contribution in [-0.2, 0) is 19.6 Å². The molecule has 2 aromatic rings. The van der Waals surface area contributed by atoms with E-state index >= 15 is 0 Å². The molecule has 1 amide bonds. The van der Waals surface area contributed by atoms with Gasteiger partial charge in [0.2, 0.25) is 21.8 Å². The van der Waals surface area contributed by atoms with Gasteiger partial charge in [-0.1, -0.05) is 29.8 Å². The minimum Gasteiger partial charge on any atom is -0.475 e. The van der Waals surface area contributed by atoms with Gasteiger partial charge in [-0.25, -0.2) is 13.4 Å². The van der Waals surface area contributed by atoms with Crippen LogP contribution in [0.2, 0.25) is 0 Å². The van der Waals surface area contributed by atoms with E-state index < -0.39 is 22.0 Å². The van der Waals surface area contributed by atoms with Gasteiger partial charge in [-0.3, -0.25) is 4.79 Å². The van der Waals surface area contributed by atoms with Gasteiger partial charge in [-0.05, 0) is 36.2 Å². The standard InChI is InChI=1S/C19H24BrN3O5S/c1-13(2)18(23-29(25,26)16-7-4-14(20)5-8-16)19(24)22-15-6-9-17(21-12-15)28-11-10-27-3/h4-9,12-13,18,23H,10-11H2,1-3H3,(H,22,24)/t18-/m0/s1. The maximum atomic E-state index is 12.7. The molecule has 0 radical (unpaired) electrons. The van der Waals surface area contributed by atoms with E-state index in [1.54, 1.807) is 45.2 Å². The van der Waals surface area contributed by atoms with Gasteiger partial charge in [-0.2, -0.15) is 4.72 Å². The zero-order valence-corrected chi connectivity index (χ0v) is 18.8. The van der Waals surface area contributed by atoms with Crippen molar-refractivity contribution in [2.75, 3.05) is 25.6 Å². The van der Waals surface area contributed by atoms with Crippen LogP contribution < -0.4 is 14.8 Å². The molecule has 0 aliphatic heterocycles. The van der Waals surface area contributed by atoms with Crippen LogP contribution in [0.25, 0.3) is 0 Å². The Labute approximate surface area is 179 Å². The zero-order chi connectivity index (χ0) is 21.4. The molecule has 0 spiro atoms. The lowest BCUT2D eigenvalue weighted by Gasteiger charge is -2.21. The highest BCUT2D eigenvalue weighted by Gasteiger charge is 2.28. The van der Waals surface area contributed by atoms with Crippen LogP contribution >= 0.6 is 15.9 Å². The average Bonchev–Trinajstić information content (AvgIpc) is 2.68. The smallest absolute Gasteiger partial charge is 0.242 e. The summed E-state index contributed by atoms with van der Waals surface area (Å²) in [7, 11) is -2.28. The number of sulfonamides is 1. The monoisotopic (exact) mass is 485 g/mol. The lowest BCUT2D eigenvalue weighted by atomic mass is 10.1. The van der Waals surface area contributed by atoms with Crippen molar-refractivity contribution in [1.82, 2.24) is 9.71 Å². The Hall–Kier alpha value is -2.01. The van der Waals surface area contributed by atoms with Crippen LogP contribution in [0.15, 0.2) is 52.0 Å². The number of nitrogens with one attached hydrogen (secondary N) is 2. The number of aromatic nitrogens is 1. The van der Waals surface area contributed by atoms with Gasteiger partial charge >= 0.3 is 0 Å². The maximum Gasteiger partial charge on any atom is 0.242 e. The Kier molecular flexibility index (Phi) is 8.57. The molecule has 0 saturated heterocycles. The minimum absolute atomic E-state index is 0.0818. The molecule has 0 unspecified atom stereocenters. The maximum absolute atomic E-state index is 12.7. The van der Waals surface area contributed by atoms with Crippen molar-refractivity contribution in [3.63, 3.8) is 0 Å². The van der Waals surface area contributed by atoms with Crippen LogP contribution in [0.5, 0.6) is 5.88 Å². The van der Waals surface area contributed by atoms with Crippen LogP contribution in [0.3, 0.4) is 0 Å². The molecule has 2 rings (SSSR count). The second kappa shape index (κ2) is 10.7. The number of anilines is 1. The highest BCUT2D eigenvalue weighted by Crippen LogP contribution is 2.17. The van der Waals surface area contributed by atoms with Gasteiger partial charge in [0.05, 0.1) is 23.4 Å². The lowest BCUT2D eigenvalue weighted by molar-refractivity contribution is -0.118. The van der Waals surface area contributed by atoms with Gasteiger partial charge in [0.25, 0.3) is 0 Å². The first-order valence-corrected chi connectivity index (χ1v) is 11.2. The van der Waals surface area contributed by atoms with E-state index in [0.717, 1.165) is 4.47 Å². The summed E-state index contributed by atoms with van der Waals surface area (Å²) in [6, 6.07) is 8.47. The van der Waals surface area contributed by atoms with E-state index in [1.165, 1.54) is 18.3 Å². The van der Waals surface area contributed by atoms with E-state index in [2.05, 4.69) is 31.0 Å². The molecule has 0 aliphatic rings. The Balaban J connectivity index is 2.06. The molecule has 0 aliphatic carbocycles. The number of amides is 1. The predicted molar refractivity (Wildman–Crippen MR) is 113 cm³/mol. The number of carbonyl (C=O) groups excluding carboxylic acids is 1. The van der Waals surface area contributed by atoms with E-state index in [9.17, 15) is 13.2 Å². The number of hydrogen-bond donors (Lipinski definition) is 2. The van der Waals surface area contributed by atoms with Crippen molar-refractivity contribution >= 4 is 37.5 Å². The summed E-state index contributed by atoms with van der Waals surface area (Å²) in [6.45, 7) is 4.33. The summed E-state index contributed by atoms with van der Waals surface area (Å²) in [5.74, 6) is -0.350. The van der Waals surface area contributed by atoms with Gasteiger partial charge in [0, 0.05) is 17.6 Å². The number of halogens is 1. The first kappa shape index (κ1) is 23.3. The van der Waals surface area contributed by atoms with E-state index in [1.807, 2.05) is 0 Å². The van der Waals surface area contributed by atoms with Crippen molar-refractivity contribution < 1.29 is 22.7 Å². The average molecular weight is 486 g/mol. The molecule has 1 heterocycles. The second-order valence-corrected chi connectivity index (χ2v) is 9.14. The number of hydrogen-bond acceptors (Lipinski definition) is 6. The summed E-state index contributed by atoms with van der Waals surface area (Å²) >= 11 is 3.27. The van der Waals surface area contributed by atoms with Crippen molar-refractivity contribution in [2.24, 2.45) is 5.92 Å². The summed E-state index contributed by atoms with van der Waals surface area (Å²) in [5, 5.41) is 2.68. The molecular weight excluding hydrogens is 462 g/mol. The molecule has 2 N–H and O–H groups in total. The molecule has 29 heavy (non-hydrogen) atoms. The normalized spacial score (nSPS) is 12.6. The number of ether oxygens (including phenoxy) is 2. The first-order chi connectivity index (χ1) is 13.7. The van der Waals surface area contributed by atoms with Gasteiger partial charge in [0.15, 0.2) is 0 Å². The Morgan fingerprint density at radius 1 is 1.14 bits per heavy atom. The largest absolute Gasteiger partial charge is 0.475 e. The van der Waals surface area contributed by atoms with E-state index in [0.29, 0.717) is 24.8 Å². The Bertz CT molecular complexity index is 902. The predicted octanol–water partition coefficient (Wildman–Crippen LogP) is 2.81. The highest BCUT2D eigenvalue weighted by molar-refractivity contribution is 9.10. The number of methoxy groups -OCH3 is 1. The van der Waals surface area contributed by atoms with Gasteiger partial charge < -0.3 is 14.8 Å². The first-order valence-electron chi connectivity index (χ1n) is 8.89. The molecule has 158 valence electrons. The topological polar surface area (TPSA) is 107 Å². The summed E-state index contributed by atoms with van der Waals surface area (Å²) in [5.41, 5.74) is 0.433. The fourth-order valence-corrected chi connectivity index (χ4v) is 3.94. The van der Waals surface area contributed by atoms with Crippen molar-refractivity contribution in [2.45, 2.75) is 24.8 Å². The molecule has 8 nitrogen and oxygen atoms in total. The number of benzene rings is 1. The number of rotatable bonds is 10. The third kappa shape index (κ3) is 7.07. The van der Waals surface area contributed by atoms with Crippen LogP contribution in [0.4, 0.5) is 5.69 Å². The lowest BCUT2D eigenvalue weighted by Crippen LogP contribution is -2.47. The molecule has 1 atom stereocenters. The molecule has 0 bridgehead atoms. The minimum atomic E-state index is -3.86. The summed E-state index contributed by atoms with van der Waals surface area (Å²) in [6.07, 6.45) is 1.45. The van der Waals surface area contributed by atoms with E-state index in [4.69, 9.17) is 9.47 Å². The molecular formula is C19H24BrN3O5S. The highest BCUT2D eigenvalue weighted by atomic mass is 79.9. The fourth-order valence-electron chi connectivity index (χ4n) is 2.33. The van der Waals surface area contributed by atoms with Crippen molar-refractivity contribution in [1.29, 1.82) is 0 Å². The third-order valence-electron chi connectivity index (χ3n) is 3.90. The fraction of sp³-hybridized carbons (Fsp3) is 0.368. The third-order valence-corrected chi connectivity index (χ3v) is 5.88. The summed E-state index contributed by atoms with van der Waals surface area (Å²) < 4.78 is 38.8. The van der Waals surface area contributed by atoms with Crippen molar-refractivity contribution in [3.05, 3.63) is 47.1 Å². The second-order valence-electron chi connectivity index (χ2n) is 6.51. The molecule has 0 fully saturated rings. The molecule has 10 heteroatoms. The van der Waals surface area contributed by atoms with Crippen LogP contribution in [0.1, 0.15) is 13.8 Å². The quantitative estimate of drug-likeness (QED) is 0.501. The molecule has 1 aromatic carbocycles. The van der Waals surface area contributed by atoms with Crippen LogP contribution in [-0.4, -0.2) is 45.7 Å². The van der Waals surface area contributed by atoms with Crippen LogP contribution in [0, 0.1) is 5.92 Å². The number of pyridine rings is 1. The Morgan fingerprint density at radius 2 is 1.83 bits per heavy atom. The van der Waals surface area contributed by atoms with Crippen molar-refractivity contribution in [3.8, 4) is 5.88 Å².